The van der Waals surface area contributed by atoms with Gasteiger partial charge in [-0.2, -0.15) is 0 Å². The smallest absolute Gasteiger partial charge is 0.235 e. The molecule has 94 valence electrons. The van der Waals surface area contributed by atoms with Gasteiger partial charge in [0.05, 0.1) is 0 Å². The molecule has 0 aromatic rings. The number of amidine groups is 1. The van der Waals surface area contributed by atoms with Crippen LogP contribution in [0.3, 0.4) is 0 Å². The fraction of sp³-hybridized carbons (Fsp3) is 0.818. The van der Waals surface area contributed by atoms with Crippen LogP contribution < -0.4 is 5.73 Å². The highest BCUT2D eigenvalue weighted by Crippen LogP contribution is 2.21. The van der Waals surface area contributed by atoms with Crippen LogP contribution in [0.1, 0.15) is 34.6 Å². The molecule has 0 aromatic heterocycles. The number of nitrogens with zero attached hydrogens (tertiary/aromatic N) is 2. The van der Waals surface area contributed by atoms with Crippen molar-refractivity contribution < 1.29 is 10.0 Å². The van der Waals surface area contributed by atoms with Crippen molar-refractivity contribution in [3.63, 3.8) is 0 Å². The SMILES string of the molecule is CC(C)C(C)N(C)C(=O)C(C)(C)C(N)=NO. The predicted molar refractivity (Wildman–Crippen MR) is 64.3 cm³/mol. The molecule has 5 heteroatoms. The Labute approximate surface area is 97.3 Å². The van der Waals surface area contributed by atoms with E-state index in [2.05, 4.69) is 5.16 Å². The van der Waals surface area contributed by atoms with E-state index < -0.39 is 5.41 Å². The lowest BCUT2D eigenvalue weighted by Gasteiger charge is -2.34. The molecular weight excluding hydrogens is 206 g/mol. The number of amides is 1. The molecule has 5 nitrogen and oxygen atoms in total. The van der Waals surface area contributed by atoms with E-state index >= 15 is 0 Å². The minimum absolute atomic E-state index is 0.0692. The van der Waals surface area contributed by atoms with E-state index in [0.29, 0.717) is 5.92 Å². The molecule has 0 saturated heterocycles. The molecule has 0 bridgehead atoms. The standard InChI is InChI=1S/C11H23N3O2/c1-7(2)8(3)14(6)10(15)11(4,5)9(12)13-16/h7-8,16H,1-6H3,(H2,12,13). The fourth-order valence-electron chi connectivity index (χ4n) is 1.31. The van der Waals surface area contributed by atoms with Crippen LogP contribution in [0, 0.1) is 11.3 Å². The molecule has 0 spiro atoms. The van der Waals surface area contributed by atoms with E-state index in [9.17, 15) is 4.79 Å². The Bertz CT molecular complexity index is 285. The number of rotatable bonds is 4. The van der Waals surface area contributed by atoms with Gasteiger partial charge in [-0.15, -0.1) is 0 Å². The third-order valence-electron chi connectivity index (χ3n) is 3.18. The molecule has 0 aromatic carbocycles. The van der Waals surface area contributed by atoms with Crippen LogP contribution in [0.5, 0.6) is 0 Å². The topological polar surface area (TPSA) is 78.9 Å². The van der Waals surface area contributed by atoms with Gasteiger partial charge in [-0.25, -0.2) is 0 Å². The van der Waals surface area contributed by atoms with E-state index in [4.69, 9.17) is 10.9 Å². The maximum Gasteiger partial charge on any atom is 0.235 e. The lowest BCUT2D eigenvalue weighted by atomic mass is 9.89. The zero-order valence-corrected chi connectivity index (χ0v) is 11.0. The van der Waals surface area contributed by atoms with E-state index in [1.807, 2.05) is 20.8 Å². The molecule has 1 amide bonds. The molecule has 0 aliphatic rings. The summed E-state index contributed by atoms with van der Waals surface area (Å²) in [7, 11) is 1.74. The normalized spacial score (nSPS) is 15.1. The number of carbonyl (C=O) groups excluding carboxylic acids is 1. The maximum atomic E-state index is 12.2. The minimum atomic E-state index is -0.980. The molecule has 0 aliphatic heterocycles. The van der Waals surface area contributed by atoms with E-state index in [1.54, 1.807) is 25.8 Å². The molecule has 3 N–H and O–H groups in total. The van der Waals surface area contributed by atoms with Gasteiger partial charge in [-0.3, -0.25) is 4.79 Å². The fourth-order valence-corrected chi connectivity index (χ4v) is 1.31. The van der Waals surface area contributed by atoms with Crippen molar-refractivity contribution in [1.82, 2.24) is 4.90 Å². The highest BCUT2D eigenvalue weighted by molar-refractivity contribution is 6.05. The van der Waals surface area contributed by atoms with Crippen LogP contribution in [0.2, 0.25) is 0 Å². The van der Waals surface area contributed by atoms with Gasteiger partial charge in [0.1, 0.15) is 5.41 Å². The van der Waals surface area contributed by atoms with Crippen molar-refractivity contribution in [2.75, 3.05) is 7.05 Å². The molecule has 1 unspecified atom stereocenters. The average molecular weight is 229 g/mol. The average Bonchev–Trinajstić information content (AvgIpc) is 2.24. The van der Waals surface area contributed by atoms with Gasteiger partial charge in [0, 0.05) is 13.1 Å². The largest absolute Gasteiger partial charge is 0.409 e. The Morgan fingerprint density at radius 3 is 2.12 bits per heavy atom. The second-order valence-electron chi connectivity index (χ2n) is 5.01. The van der Waals surface area contributed by atoms with Gasteiger partial charge in [0.15, 0.2) is 5.84 Å². The summed E-state index contributed by atoms with van der Waals surface area (Å²) in [5, 5.41) is 11.6. The lowest BCUT2D eigenvalue weighted by molar-refractivity contribution is -0.138. The summed E-state index contributed by atoms with van der Waals surface area (Å²) in [6.07, 6.45) is 0. The van der Waals surface area contributed by atoms with Crippen LogP contribution in [0.25, 0.3) is 0 Å². The molecule has 0 radical (unpaired) electrons. The van der Waals surface area contributed by atoms with Crippen LogP contribution >= 0.6 is 0 Å². The van der Waals surface area contributed by atoms with E-state index in [-0.39, 0.29) is 17.8 Å². The van der Waals surface area contributed by atoms with Crippen molar-refractivity contribution in [3.05, 3.63) is 0 Å². The number of nitrogens with two attached hydrogens (primary N) is 1. The minimum Gasteiger partial charge on any atom is -0.409 e. The Hall–Kier alpha value is -1.26. The summed E-state index contributed by atoms with van der Waals surface area (Å²) in [5.74, 6) is 0.140. The Morgan fingerprint density at radius 2 is 1.81 bits per heavy atom. The molecule has 0 rings (SSSR count). The first-order valence-corrected chi connectivity index (χ1v) is 5.41. The van der Waals surface area contributed by atoms with Crippen molar-refractivity contribution in [2.45, 2.75) is 40.7 Å². The second kappa shape index (κ2) is 5.18. The van der Waals surface area contributed by atoms with Gasteiger partial charge in [-0.1, -0.05) is 19.0 Å². The first-order valence-electron chi connectivity index (χ1n) is 5.41. The summed E-state index contributed by atoms with van der Waals surface area (Å²) in [5.41, 5.74) is 4.54. The van der Waals surface area contributed by atoms with Crippen LogP contribution in [0.4, 0.5) is 0 Å². The zero-order valence-electron chi connectivity index (χ0n) is 11.0. The monoisotopic (exact) mass is 229 g/mol. The zero-order chi connectivity index (χ0) is 13.1. The Balaban J connectivity index is 4.93. The van der Waals surface area contributed by atoms with Crippen molar-refractivity contribution >= 4 is 11.7 Å². The maximum absolute atomic E-state index is 12.2. The second-order valence-corrected chi connectivity index (χ2v) is 5.01. The van der Waals surface area contributed by atoms with Gasteiger partial charge in [0.2, 0.25) is 5.91 Å². The summed E-state index contributed by atoms with van der Waals surface area (Å²) >= 11 is 0. The summed E-state index contributed by atoms with van der Waals surface area (Å²) < 4.78 is 0. The number of hydrogen-bond acceptors (Lipinski definition) is 3. The molecule has 0 saturated carbocycles. The summed E-state index contributed by atoms with van der Waals surface area (Å²) in [6, 6.07) is 0.110. The molecular formula is C11H23N3O2. The first kappa shape index (κ1) is 14.7. The summed E-state index contributed by atoms with van der Waals surface area (Å²) in [6.45, 7) is 9.36. The molecule has 1 atom stereocenters. The van der Waals surface area contributed by atoms with Crippen molar-refractivity contribution in [1.29, 1.82) is 0 Å². The molecule has 0 aliphatic carbocycles. The van der Waals surface area contributed by atoms with Crippen molar-refractivity contribution in [2.24, 2.45) is 22.2 Å². The van der Waals surface area contributed by atoms with Crippen LogP contribution in [0.15, 0.2) is 5.16 Å². The Morgan fingerprint density at radius 1 is 1.38 bits per heavy atom. The molecule has 0 heterocycles. The van der Waals surface area contributed by atoms with Gasteiger partial charge in [0.25, 0.3) is 0 Å². The van der Waals surface area contributed by atoms with Gasteiger partial charge < -0.3 is 15.8 Å². The number of oxime groups is 1. The third kappa shape index (κ3) is 2.87. The highest BCUT2D eigenvalue weighted by Gasteiger charge is 2.37. The highest BCUT2D eigenvalue weighted by atomic mass is 16.4. The third-order valence-corrected chi connectivity index (χ3v) is 3.18. The Kier molecular flexibility index (Phi) is 4.78. The summed E-state index contributed by atoms with van der Waals surface area (Å²) in [4.78, 5) is 13.8. The van der Waals surface area contributed by atoms with Gasteiger partial charge in [-0.05, 0) is 26.7 Å². The lowest BCUT2D eigenvalue weighted by Crippen LogP contribution is -2.50. The van der Waals surface area contributed by atoms with E-state index in [1.165, 1.54) is 0 Å². The first-order chi connectivity index (χ1) is 7.16. The van der Waals surface area contributed by atoms with Crippen LogP contribution in [-0.2, 0) is 4.79 Å². The van der Waals surface area contributed by atoms with Crippen molar-refractivity contribution in [3.8, 4) is 0 Å². The molecule has 16 heavy (non-hydrogen) atoms. The molecule has 0 fully saturated rings. The number of carbonyl (C=O) groups is 1. The predicted octanol–water partition coefficient (Wildman–Crippen LogP) is 1.26. The van der Waals surface area contributed by atoms with Crippen LogP contribution in [-0.4, -0.2) is 34.9 Å². The van der Waals surface area contributed by atoms with Gasteiger partial charge >= 0.3 is 0 Å². The number of hydrogen-bond donors (Lipinski definition) is 2. The van der Waals surface area contributed by atoms with E-state index in [0.717, 1.165) is 0 Å². The quantitative estimate of drug-likeness (QED) is 0.330.